The minimum Gasteiger partial charge on any atom is -0.497 e. The number of aliphatic hydroxyl groups excluding tert-OH is 1. The third kappa shape index (κ3) is 20.2. The van der Waals surface area contributed by atoms with Crippen molar-refractivity contribution in [3.05, 3.63) is 92.6 Å². The van der Waals surface area contributed by atoms with Crippen molar-refractivity contribution in [1.29, 1.82) is 0 Å². The number of hydrogen-bond acceptors (Lipinski definition) is 26. The number of hydrazone groups is 1. The number of nitrogens with one attached hydrogen (secondary N) is 3. The van der Waals surface area contributed by atoms with Gasteiger partial charge in [-0.3, -0.25) is 52.8 Å². The Bertz CT molecular complexity index is 4140. The van der Waals surface area contributed by atoms with E-state index in [1.807, 2.05) is 0 Å². The van der Waals surface area contributed by atoms with Crippen LogP contribution in [0.1, 0.15) is 19.8 Å². The molecule has 34 nitrogen and oxygen atoms in total. The summed E-state index contributed by atoms with van der Waals surface area (Å²) in [6, 6.07) is 6.47. The van der Waals surface area contributed by atoms with Crippen molar-refractivity contribution in [1.82, 2.24) is 15.0 Å². The van der Waals surface area contributed by atoms with Crippen LogP contribution in [0.5, 0.6) is 0 Å². The first kappa shape index (κ1) is 63.2. The van der Waals surface area contributed by atoms with Crippen LogP contribution >= 0.6 is 23.5 Å². The number of azo groups is 1. The summed E-state index contributed by atoms with van der Waals surface area (Å²) in [7, 11) is -28.8. The van der Waals surface area contributed by atoms with E-state index in [0.29, 0.717) is 24.3 Å². The number of rotatable bonds is 24. The molecule has 0 bridgehead atoms. The fourth-order valence-electron chi connectivity index (χ4n) is 6.01. The molecule has 1 aliphatic rings. The highest BCUT2D eigenvalue weighted by atomic mass is 32.2. The molecule has 79 heavy (non-hydrogen) atoms. The number of non-ortho nitro benzene ring substituents is 1. The summed E-state index contributed by atoms with van der Waals surface area (Å²) in [6.07, 6.45) is 2.27. The highest BCUT2D eigenvalue weighted by Crippen LogP contribution is 2.41. The third-order valence-corrected chi connectivity index (χ3v) is 16.6. The molecule has 12 N–H and O–H groups in total. The molecule has 0 aliphatic heterocycles. The van der Waals surface area contributed by atoms with E-state index in [1.54, 1.807) is 0 Å². The zero-order valence-corrected chi connectivity index (χ0v) is 46.2. The Labute approximate surface area is 455 Å². The minimum absolute atomic E-state index is 0.0309. The number of anilines is 1. The van der Waals surface area contributed by atoms with Crippen LogP contribution in [0.4, 0.5) is 40.1 Å². The summed E-state index contributed by atoms with van der Waals surface area (Å²) in [5.74, 6) is -3.46. The lowest BCUT2D eigenvalue weighted by molar-refractivity contribution is -0.385. The third-order valence-electron chi connectivity index (χ3n) is 9.32. The van der Waals surface area contributed by atoms with E-state index < -0.39 is 144 Å². The van der Waals surface area contributed by atoms with Crippen molar-refractivity contribution in [3.8, 4) is 0 Å². The highest BCUT2D eigenvalue weighted by molar-refractivity contribution is 8.03. The molecule has 0 atom stereocenters. The van der Waals surface area contributed by atoms with E-state index in [-0.39, 0.29) is 68.3 Å². The lowest BCUT2D eigenvalue weighted by Crippen LogP contribution is -2.28. The molecular weight excluding hydrogens is 1220 g/mol. The number of allylic oxidation sites excluding steroid dienone is 2. The lowest BCUT2D eigenvalue weighted by Gasteiger charge is -2.16. The van der Waals surface area contributed by atoms with Gasteiger partial charge in [-0.1, -0.05) is 0 Å². The van der Waals surface area contributed by atoms with E-state index in [2.05, 4.69) is 55.7 Å². The number of nitrogens with two attached hydrogens (primary N) is 1. The first-order valence-corrected chi connectivity index (χ1v) is 32.2. The SMILES string of the molecule is CC(O)=Nc1cc(NN=C2C=C(SCCCS(=O)(=O)O)C(N)=CC2=Nc2nc(=NCCS(=O)(=O)O)[nH]c(=Nc3cc(S(=O)(=O)O)ccc3S(=O)(=O)O)[nH]2)c(SCCCS(=O)(=O)O)cc1N=Nc1ccc([N+](=O)[O-])cc1S(=O)(=O)O. The molecule has 3 aromatic carbocycles. The van der Waals surface area contributed by atoms with Crippen molar-refractivity contribution >= 4 is 142 Å². The topological polar surface area (TPSA) is 559 Å². The van der Waals surface area contributed by atoms with Gasteiger partial charge in [-0.25, -0.2) is 20.0 Å². The standard InChI is InChI=1S/C37H41N13O21S8/c1-20(51)40-26-17-29(32(73-10-3-12-75(57,58)59)19-28(26)47-46-24-6-4-21(50(52)53)14-34(24)79(69,70)71)49-48-27-18-31(72-9-2-11-74(54,55)56)23(38)16-25(27)41-36-43-35(39-8-13-76(60,61)62)44-37(45-36)42-30-15-22(77(63,64)65)5-7-33(30)78(66,67)68/h4-7,14-19,49H,2-3,8-13,38H2,1H3,(H,40,51)(H,54,55,56)(H,57,58,59)(H,60,61,62)(H,63,64,65)(H,66,67,68)(H,69,70,71)(H2,39,42,43,44,45). The Morgan fingerprint density at radius 3 is 1.90 bits per heavy atom. The molecular formula is C37H41N13O21S8. The van der Waals surface area contributed by atoms with E-state index in [4.69, 9.17) is 5.73 Å². The average Bonchev–Trinajstić information content (AvgIpc) is 3.33. The van der Waals surface area contributed by atoms with Crippen LogP contribution in [0.2, 0.25) is 0 Å². The van der Waals surface area contributed by atoms with Gasteiger partial charge in [0.15, 0.2) is 5.90 Å². The number of benzene rings is 3. The Morgan fingerprint density at radius 1 is 0.696 bits per heavy atom. The Balaban J connectivity index is 1.76. The summed E-state index contributed by atoms with van der Waals surface area (Å²) in [5.41, 5.74) is 4.88. The van der Waals surface area contributed by atoms with Gasteiger partial charge in [0, 0.05) is 34.6 Å². The smallest absolute Gasteiger partial charge is 0.297 e. The van der Waals surface area contributed by atoms with Crippen LogP contribution in [-0.2, 0) is 60.7 Å². The predicted octanol–water partition coefficient (Wildman–Crippen LogP) is 3.09. The lowest BCUT2D eigenvalue weighted by atomic mass is 10.1. The molecule has 0 amide bonds. The van der Waals surface area contributed by atoms with Gasteiger partial charge < -0.3 is 10.8 Å². The second-order valence-corrected chi connectivity index (χ2v) is 26.7. The molecule has 428 valence electrons. The molecule has 1 aliphatic carbocycles. The summed E-state index contributed by atoms with van der Waals surface area (Å²) in [5, 5.41) is 34.0. The molecule has 4 aromatic rings. The maximum Gasteiger partial charge on any atom is 0.297 e. The van der Waals surface area contributed by atoms with Crippen molar-refractivity contribution in [3.63, 3.8) is 0 Å². The van der Waals surface area contributed by atoms with Gasteiger partial charge >= 0.3 is 0 Å². The Hall–Kier alpha value is -6.68. The van der Waals surface area contributed by atoms with Crippen molar-refractivity contribution in [2.75, 3.05) is 40.7 Å². The number of nitro groups is 1. The maximum absolute atomic E-state index is 12.3. The number of nitro benzene ring substituents is 1. The molecule has 1 aromatic heterocycles. The predicted molar refractivity (Wildman–Crippen MR) is 284 cm³/mol. The van der Waals surface area contributed by atoms with E-state index in [0.717, 1.165) is 42.6 Å². The fourth-order valence-corrected chi connectivity index (χ4v) is 11.4. The molecule has 42 heteroatoms. The Kier molecular flexibility index (Phi) is 20.5. The van der Waals surface area contributed by atoms with Crippen molar-refractivity contribution in [2.45, 2.75) is 39.3 Å². The number of hydrogen-bond donors (Lipinski definition) is 11. The van der Waals surface area contributed by atoms with E-state index >= 15 is 0 Å². The first-order chi connectivity index (χ1) is 36.4. The van der Waals surface area contributed by atoms with Gasteiger partial charge in [0.05, 0.1) is 56.4 Å². The monoisotopic (exact) mass is 1260 g/mol. The summed E-state index contributed by atoms with van der Waals surface area (Å²) >= 11 is 1.89. The van der Waals surface area contributed by atoms with E-state index in [1.165, 1.54) is 24.3 Å². The second-order valence-electron chi connectivity index (χ2n) is 15.5. The number of aromatic nitrogens is 3. The fraction of sp³-hybridized carbons (Fsp3) is 0.243. The first-order valence-electron chi connectivity index (χ1n) is 21.1. The minimum atomic E-state index is -5.17. The zero-order valence-electron chi connectivity index (χ0n) is 39.6. The number of nitrogens with zero attached hydrogens (tertiary/aromatic N) is 9. The van der Waals surface area contributed by atoms with Crippen LogP contribution in [0.25, 0.3) is 0 Å². The molecule has 0 spiro atoms. The van der Waals surface area contributed by atoms with Crippen molar-refractivity contribution < 1.29 is 87.9 Å². The van der Waals surface area contributed by atoms with Gasteiger partial charge in [-0.2, -0.15) is 60.6 Å². The normalized spacial score (nSPS) is 15.7. The van der Waals surface area contributed by atoms with Gasteiger partial charge in [0.2, 0.25) is 17.2 Å². The van der Waals surface area contributed by atoms with E-state index in [9.17, 15) is 93.0 Å². The average molecular weight is 1260 g/mol. The van der Waals surface area contributed by atoms with Gasteiger partial charge in [0.1, 0.15) is 26.9 Å². The second kappa shape index (κ2) is 25.6. The number of aliphatic hydroxyl groups is 1. The quantitative estimate of drug-likeness (QED) is 0.00552. The number of thioether (sulfide) groups is 2. The molecule has 0 saturated heterocycles. The molecule has 0 unspecified atom stereocenters. The summed E-state index contributed by atoms with van der Waals surface area (Å²) in [4.78, 5) is 33.4. The molecule has 0 saturated carbocycles. The summed E-state index contributed by atoms with van der Waals surface area (Å²) in [6.45, 7) is 0.463. The number of aliphatic imine (C=N–C) groups is 2. The number of aromatic amines is 2. The van der Waals surface area contributed by atoms with Crippen LogP contribution in [0.15, 0.2) is 126 Å². The maximum atomic E-state index is 12.3. The highest BCUT2D eigenvalue weighted by Gasteiger charge is 2.24. The van der Waals surface area contributed by atoms with Crippen LogP contribution in [0, 0.1) is 10.1 Å². The van der Waals surface area contributed by atoms with Gasteiger partial charge in [-0.15, -0.1) is 33.8 Å². The van der Waals surface area contributed by atoms with Gasteiger partial charge in [0.25, 0.3) is 66.4 Å². The molecule has 5 rings (SSSR count). The molecule has 0 radical (unpaired) electrons. The van der Waals surface area contributed by atoms with Crippen LogP contribution < -0.4 is 22.4 Å². The van der Waals surface area contributed by atoms with Crippen LogP contribution in [0.3, 0.4) is 0 Å². The largest absolute Gasteiger partial charge is 0.497 e. The van der Waals surface area contributed by atoms with Crippen LogP contribution in [-0.4, -0.2) is 155 Å². The summed E-state index contributed by atoms with van der Waals surface area (Å²) < 4.78 is 200. The van der Waals surface area contributed by atoms with Crippen molar-refractivity contribution in [2.24, 2.45) is 41.0 Å². The van der Waals surface area contributed by atoms with Gasteiger partial charge in [-0.05, 0) is 72.9 Å². The molecule has 1 heterocycles. The Morgan fingerprint density at radius 2 is 1.32 bits per heavy atom. The number of H-pyrrole nitrogens is 2. The zero-order chi connectivity index (χ0) is 58.9. The molecule has 0 fully saturated rings.